The van der Waals surface area contributed by atoms with Gasteiger partial charge in [0.2, 0.25) is 15.8 Å². The Kier molecular flexibility index (Phi) is 5.18. The maximum Gasteiger partial charge on any atom is 0.268 e. The van der Waals surface area contributed by atoms with Gasteiger partial charge < -0.3 is 4.52 Å². The average Bonchev–Trinajstić information content (AvgIpc) is 3.40. The van der Waals surface area contributed by atoms with Crippen molar-refractivity contribution in [1.29, 1.82) is 0 Å². The van der Waals surface area contributed by atoms with E-state index in [1.807, 2.05) is 30.3 Å². The second-order valence-corrected chi connectivity index (χ2v) is 10.9. The molecule has 0 fully saturated rings. The third-order valence-corrected chi connectivity index (χ3v) is 8.68. The van der Waals surface area contributed by atoms with E-state index in [9.17, 15) is 8.42 Å². The molecule has 0 saturated heterocycles. The van der Waals surface area contributed by atoms with Crippen LogP contribution in [0.1, 0.15) is 16.0 Å². The first-order valence-corrected chi connectivity index (χ1v) is 12.3. The van der Waals surface area contributed by atoms with Crippen LogP contribution in [0.5, 0.6) is 0 Å². The van der Waals surface area contributed by atoms with Crippen LogP contribution in [0.3, 0.4) is 0 Å². The quantitative estimate of drug-likeness (QED) is 0.410. The first-order chi connectivity index (χ1) is 14.9. The van der Waals surface area contributed by atoms with Gasteiger partial charge in [-0.3, -0.25) is 0 Å². The average molecular weight is 472 g/mol. The van der Waals surface area contributed by atoms with Gasteiger partial charge in [-0.05, 0) is 42.7 Å². The summed E-state index contributed by atoms with van der Waals surface area (Å²) < 4.78 is 33.7. The van der Waals surface area contributed by atoms with Crippen LogP contribution in [0.2, 0.25) is 5.02 Å². The minimum atomic E-state index is -3.64. The Morgan fingerprint density at radius 2 is 1.90 bits per heavy atom. The lowest BCUT2D eigenvalue weighted by Gasteiger charge is -2.28. The molecule has 0 aliphatic carbocycles. The van der Waals surface area contributed by atoms with Crippen LogP contribution in [0.15, 0.2) is 64.0 Å². The molecular weight excluding hydrogens is 454 g/mol. The van der Waals surface area contributed by atoms with Gasteiger partial charge in [0.1, 0.15) is 0 Å². The van der Waals surface area contributed by atoms with Gasteiger partial charge in [-0.2, -0.15) is 9.29 Å². The van der Waals surface area contributed by atoms with E-state index in [1.54, 1.807) is 29.4 Å². The van der Waals surface area contributed by atoms with E-state index in [0.717, 1.165) is 11.1 Å². The highest BCUT2D eigenvalue weighted by atomic mass is 35.5. The number of fused-ring (bicyclic) bond motifs is 1. The number of aromatic nitrogens is 2. The standard InChI is InChI=1S/C22H18ClN3O3S2/c1-14-20(31(27,28)26-10-9-15-5-2-3-6-17(15)13-26)12-19(30-14)22-24-21(25-29-22)16-7-4-8-18(23)11-16/h2-8,11-12H,9-10,13H2,1H3. The maximum atomic E-state index is 13.4. The molecular formula is C22H18ClN3O3S2. The molecule has 0 amide bonds. The fraction of sp³-hybridized carbons (Fsp3) is 0.182. The number of hydrogen-bond donors (Lipinski definition) is 0. The Labute approximate surface area is 189 Å². The zero-order chi connectivity index (χ0) is 21.6. The summed E-state index contributed by atoms with van der Waals surface area (Å²) in [5, 5.41) is 4.60. The van der Waals surface area contributed by atoms with Crippen LogP contribution < -0.4 is 0 Å². The molecule has 1 aliphatic rings. The molecule has 2 aromatic heterocycles. The van der Waals surface area contributed by atoms with Crippen LogP contribution in [0, 0.1) is 6.92 Å². The number of hydrogen-bond acceptors (Lipinski definition) is 6. The van der Waals surface area contributed by atoms with Gasteiger partial charge in [0.05, 0.1) is 9.77 Å². The van der Waals surface area contributed by atoms with E-state index in [0.29, 0.717) is 40.1 Å². The molecule has 3 heterocycles. The summed E-state index contributed by atoms with van der Waals surface area (Å²) in [6.45, 7) is 2.64. The van der Waals surface area contributed by atoms with Gasteiger partial charge in [-0.15, -0.1) is 11.3 Å². The Morgan fingerprint density at radius 1 is 1.10 bits per heavy atom. The van der Waals surface area contributed by atoms with E-state index >= 15 is 0 Å². The Hall–Kier alpha value is -2.52. The van der Waals surface area contributed by atoms with E-state index < -0.39 is 10.0 Å². The highest BCUT2D eigenvalue weighted by molar-refractivity contribution is 7.89. The summed E-state index contributed by atoms with van der Waals surface area (Å²) in [6.07, 6.45) is 0.706. The van der Waals surface area contributed by atoms with Gasteiger partial charge in [0.15, 0.2) is 0 Å². The Balaban J connectivity index is 1.45. The summed E-state index contributed by atoms with van der Waals surface area (Å²) in [7, 11) is -3.64. The number of nitrogens with zero attached hydrogens (tertiary/aromatic N) is 3. The summed E-state index contributed by atoms with van der Waals surface area (Å²) in [4.78, 5) is 6.03. The highest BCUT2D eigenvalue weighted by Crippen LogP contribution is 2.36. The second-order valence-electron chi connectivity index (χ2n) is 7.32. The first kappa shape index (κ1) is 20.4. The van der Waals surface area contributed by atoms with Crippen molar-refractivity contribution >= 4 is 33.0 Å². The zero-order valence-corrected chi connectivity index (χ0v) is 19.0. The third-order valence-electron chi connectivity index (χ3n) is 5.31. The number of thiophene rings is 1. The summed E-state index contributed by atoms with van der Waals surface area (Å²) in [5.41, 5.74) is 2.99. The predicted molar refractivity (Wildman–Crippen MR) is 121 cm³/mol. The lowest BCUT2D eigenvalue weighted by molar-refractivity contribution is 0.391. The normalized spacial score (nSPS) is 14.5. The molecule has 1 aliphatic heterocycles. The second kappa shape index (κ2) is 7.87. The van der Waals surface area contributed by atoms with E-state index in [4.69, 9.17) is 16.1 Å². The van der Waals surface area contributed by atoms with Gasteiger partial charge >= 0.3 is 0 Å². The largest absolute Gasteiger partial charge is 0.333 e. The summed E-state index contributed by atoms with van der Waals surface area (Å²) in [6, 6.07) is 16.8. The predicted octanol–water partition coefficient (Wildman–Crippen LogP) is 5.17. The van der Waals surface area contributed by atoms with Crippen LogP contribution in [0.4, 0.5) is 0 Å². The minimum Gasteiger partial charge on any atom is -0.333 e. The summed E-state index contributed by atoms with van der Waals surface area (Å²) >= 11 is 7.37. The van der Waals surface area contributed by atoms with Crippen molar-refractivity contribution < 1.29 is 12.9 Å². The summed E-state index contributed by atoms with van der Waals surface area (Å²) in [5.74, 6) is 0.689. The Morgan fingerprint density at radius 3 is 2.71 bits per heavy atom. The molecule has 0 spiro atoms. The number of aryl methyl sites for hydroxylation is 1. The smallest absolute Gasteiger partial charge is 0.268 e. The molecule has 0 radical (unpaired) electrons. The lowest BCUT2D eigenvalue weighted by atomic mass is 10.0. The molecule has 0 unspecified atom stereocenters. The van der Waals surface area contributed by atoms with Crippen molar-refractivity contribution in [2.45, 2.75) is 24.8 Å². The SMILES string of the molecule is Cc1sc(-c2nc(-c3cccc(Cl)c3)no2)cc1S(=O)(=O)N1CCc2ccccc2C1. The highest BCUT2D eigenvalue weighted by Gasteiger charge is 2.31. The van der Waals surface area contributed by atoms with Crippen LogP contribution >= 0.6 is 22.9 Å². The van der Waals surface area contributed by atoms with E-state index in [1.165, 1.54) is 16.9 Å². The molecule has 6 nitrogen and oxygen atoms in total. The van der Waals surface area contributed by atoms with Crippen molar-refractivity contribution in [2.24, 2.45) is 0 Å². The van der Waals surface area contributed by atoms with Crippen molar-refractivity contribution in [3.05, 3.63) is 75.6 Å². The van der Waals surface area contributed by atoms with E-state index in [2.05, 4.69) is 16.2 Å². The molecule has 9 heteroatoms. The van der Waals surface area contributed by atoms with Crippen molar-refractivity contribution in [3.8, 4) is 22.2 Å². The van der Waals surface area contributed by atoms with Crippen LogP contribution in [-0.4, -0.2) is 29.4 Å². The fourth-order valence-electron chi connectivity index (χ4n) is 3.71. The molecule has 0 saturated carbocycles. The first-order valence-electron chi connectivity index (χ1n) is 9.69. The third kappa shape index (κ3) is 3.80. The molecule has 0 bridgehead atoms. The number of sulfonamides is 1. The zero-order valence-electron chi connectivity index (χ0n) is 16.6. The topological polar surface area (TPSA) is 76.3 Å². The van der Waals surface area contributed by atoms with Gasteiger partial charge in [0, 0.05) is 28.6 Å². The fourth-order valence-corrected chi connectivity index (χ4v) is 6.80. The van der Waals surface area contributed by atoms with Crippen LogP contribution in [-0.2, 0) is 23.0 Å². The van der Waals surface area contributed by atoms with Crippen molar-refractivity contribution in [3.63, 3.8) is 0 Å². The van der Waals surface area contributed by atoms with Gasteiger partial charge in [-0.1, -0.05) is 53.2 Å². The molecule has 158 valence electrons. The monoisotopic (exact) mass is 471 g/mol. The van der Waals surface area contributed by atoms with Gasteiger partial charge in [0.25, 0.3) is 5.89 Å². The number of rotatable bonds is 4. The molecule has 0 N–H and O–H groups in total. The molecule has 31 heavy (non-hydrogen) atoms. The number of benzene rings is 2. The molecule has 0 atom stereocenters. The van der Waals surface area contributed by atoms with Gasteiger partial charge in [-0.25, -0.2) is 8.42 Å². The Bertz CT molecular complexity index is 1380. The minimum absolute atomic E-state index is 0.286. The molecule has 4 aromatic rings. The van der Waals surface area contributed by atoms with Crippen molar-refractivity contribution in [1.82, 2.24) is 14.4 Å². The molecule has 5 rings (SSSR count). The number of halogens is 1. The lowest BCUT2D eigenvalue weighted by Crippen LogP contribution is -2.36. The van der Waals surface area contributed by atoms with E-state index in [-0.39, 0.29) is 10.8 Å². The van der Waals surface area contributed by atoms with Crippen LogP contribution in [0.25, 0.3) is 22.2 Å². The maximum absolute atomic E-state index is 13.4. The molecule has 2 aromatic carbocycles. The van der Waals surface area contributed by atoms with Crippen molar-refractivity contribution in [2.75, 3.05) is 6.54 Å².